The van der Waals surface area contributed by atoms with E-state index in [2.05, 4.69) is 0 Å². The lowest BCUT2D eigenvalue weighted by Gasteiger charge is -1.89. The second-order valence-corrected chi connectivity index (χ2v) is 0.483. The molecule has 0 radical (unpaired) electrons. The molecule has 0 aromatic heterocycles. The van der Waals surface area contributed by atoms with E-state index in [0.717, 1.165) is 0 Å². The van der Waals surface area contributed by atoms with Crippen molar-refractivity contribution in [2.24, 2.45) is 0 Å². The maximum Gasteiger partial charge on any atom is 0.237 e. The Morgan fingerprint density at radius 1 is 1.60 bits per heavy atom. The van der Waals surface area contributed by atoms with Crippen LogP contribution in [0.25, 0.3) is 0 Å². The first-order chi connectivity index (χ1) is 2.27. The summed E-state index contributed by atoms with van der Waals surface area (Å²) in [6, 6.07) is 0. The first-order valence-electron chi connectivity index (χ1n) is 0.994. The lowest BCUT2D eigenvalue weighted by Crippen LogP contribution is -2.18. The van der Waals surface area contributed by atoms with Crippen LogP contribution in [-0.4, -0.2) is 16.6 Å². The van der Waals surface area contributed by atoms with Crippen molar-refractivity contribution < 1.29 is 14.7 Å². The summed E-state index contributed by atoms with van der Waals surface area (Å²) in [6.07, 6.45) is -2.03. The molecular weight excluding hydrogens is 77.0 g/mol. The Morgan fingerprint density at radius 2 is 1.80 bits per heavy atom. The van der Waals surface area contributed by atoms with Gasteiger partial charge >= 0.3 is 0 Å². The average Bonchev–Trinajstić information content (AvgIpc) is 1.38. The van der Waals surface area contributed by atoms with Crippen molar-refractivity contribution in [2.75, 3.05) is 0 Å². The number of halogens is 1. The number of rotatable bonds is 1. The fourth-order valence-electron chi connectivity index (χ4n) is 0. The van der Waals surface area contributed by atoms with E-state index in [1.165, 1.54) is 0 Å². The zero-order chi connectivity index (χ0) is 4.28. The normalized spacial score (nSPS) is 9.60. The average molecular weight is 81.0 g/mol. The second kappa shape index (κ2) is 2.07. The second-order valence-electron chi connectivity index (χ2n) is 0.483. The van der Waals surface area contributed by atoms with Crippen molar-refractivity contribution >= 4 is 0 Å². The SMILES string of the molecule is OC(O)NF. The van der Waals surface area contributed by atoms with Crippen LogP contribution in [0.5, 0.6) is 0 Å². The predicted octanol–water partition coefficient (Wildman–Crippen LogP) is -1.27. The summed E-state index contributed by atoms with van der Waals surface area (Å²) in [6.45, 7) is 0. The summed E-state index contributed by atoms with van der Waals surface area (Å²) in [4.78, 5) is 0. The van der Waals surface area contributed by atoms with Crippen LogP contribution in [0.15, 0.2) is 0 Å². The lowest BCUT2D eigenvalue weighted by atomic mass is 11.2. The molecule has 0 aromatic carbocycles. The largest absolute Gasteiger partial charge is 0.354 e. The zero-order valence-corrected chi connectivity index (χ0v) is 2.35. The molecular formula is CH4FNO2. The van der Waals surface area contributed by atoms with E-state index in [4.69, 9.17) is 10.2 Å². The maximum absolute atomic E-state index is 10.4. The highest BCUT2D eigenvalue weighted by Crippen LogP contribution is 1.58. The van der Waals surface area contributed by atoms with E-state index >= 15 is 0 Å². The minimum Gasteiger partial charge on any atom is -0.354 e. The minimum absolute atomic E-state index is 0.639. The molecule has 0 amide bonds. The Labute approximate surface area is 28.0 Å². The van der Waals surface area contributed by atoms with Crippen LogP contribution < -0.4 is 5.54 Å². The van der Waals surface area contributed by atoms with Crippen LogP contribution in [0.4, 0.5) is 4.48 Å². The summed E-state index contributed by atoms with van der Waals surface area (Å²) in [5.74, 6) is 0. The molecule has 5 heavy (non-hydrogen) atoms. The molecule has 0 heterocycles. The summed E-state index contributed by atoms with van der Waals surface area (Å²) in [7, 11) is 0. The molecule has 0 spiro atoms. The molecule has 4 heteroatoms. The minimum atomic E-state index is -2.03. The molecule has 3 nitrogen and oxygen atoms in total. The molecule has 3 N–H and O–H groups in total. The molecule has 0 bridgehead atoms. The third-order valence-corrected chi connectivity index (χ3v) is 0.0976. The van der Waals surface area contributed by atoms with Crippen LogP contribution >= 0.6 is 0 Å². The van der Waals surface area contributed by atoms with Crippen LogP contribution in [0, 0.1) is 0 Å². The first-order valence-corrected chi connectivity index (χ1v) is 0.994. The Morgan fingerprint density at radius 3 is 1.80 bits per heavy atom. The van der Waals surface area contributed by atoms with Gasteiger partial charge in [0.05, 0.1) is 0 Å². The Hall–Kier alpha value is -0.190. The number of aliphatic hydroxyl groups excluding tert-OH is 1. The van der Waals surface area contributed by atoms with Crippen molar-refractivity contribution in [3.05, 3.63) is 0 Å². The molecule has 0 aliphatic heterocycles. The van der Waals surface area contributed by atoms with Gasteiger partial charge in [-0.3, -0.25) is 0 Å². The molecule has 0 aliphatic rings. The van der Waals surface area contributed by atoms with Gasteiger partial charge in [0, 0.05) is 0 Å². The predicted molar refractivity (Wildman–Crippen MR) is 12.5 cm³/mol. The molecule has 0 atom stereocenters. The van der Waals surface area contributed by atoms with Gasteiger partial charge in [-0.05, 0) is 0 Å². The fourth-order valence-corrected chi connectivity index (χ4v) is 0. The smallest absolute Gasteiger partial charge is 0.237 e. The van der Waals surface area contributed by atoms with E-state index in [9.17, 15) is 4.48 Å². The van der Waals surface area contributed by atoms with Gasteiger partial charge in [0.2, 0.25) is 6.41 Å². The van der Waals surface area contributed by atoms with E-state index in [-0.39, 0.29) is 0 Å². The van der Waals surface area contributed by atoms with Crippen molar-refractivity contribution in [1.29, 1.82) is 0 Å². The maximum atomic E-state index is 10.4. The van der Waals surface area contributed by atoms with Gasteiger partial charge in [-0.15, -0.1) is 10.0 Å². The third kappa shape index (κ3) is 3.81. The molecule has 0 rings (SSSR count). The highest BCUT2D eigenvalue weighted by atomic mass is 19.2. The van der Waals surface area contributed by atoms with Gasteiger partial charge in [-0.25, -0.2) is 0 Å². The van der Waals surface area contributed by atoms with E-state index in [1.807, 2.05) is 0 Å². The van der Waals surface area contributed by atoms with Crippen LogP contribution in [0.1, 0.15) is 0 Å². The van der Waals surface area contributed by atoms with Gasteiger partial charge in [0.1, 0.15) is 0 Å². The van der Waals surface area contributed by atoms with E-state index in [1.54, 1.807) is 0 Å². The van der Waals surface area contributed by atoms with Crippen LogP contribution in [0.3, 0.4) is 0 Å². The molecule has 0 saturated carbocycles. The van der Waals surface area contributed by atoms with Gasteiger partial charge in [-0.1, -0.05) is 0 Å². The molecule has 0 fully saturated rings. The Kier molecular flexibility index (Phi) is 1.99. The van der Waals surface area contributed by atoms with Crippen molar-refractivity contribution in [3.8, 4) is 0 Å². The first kappa shape index (κ1) is 4.81. The Balaban J connectivity index is 2.54. The molecule has 32 valence electrons. The monoisotopic (exact) mass is 81.0 g/mol. The number of nitrogens with one attached hydrogen (secondary N) is 1. The summed E-state index contributed by atoms with van der Waals surface area (Å²) >= 11 is 0. The summed E-state index contributed by atoms with van der Waals surface area (Å²) in [5.41, 5.74) is 0.639. The number of hydrogen-bond donors (Lipinski definition) is 3. The van der Waals surface area contributed by atoms with E-state index in [0.29, 0.717) is 5.54 Å². The molecule has 0 aromatic rings. The topological polar surface area (TPSA) is 52.5 Å². The molecule has 0 saturated heterocycles. The quantitative estimate of drug-likeness (QED) is 0.272. The Bertz CT molecular complexity index is 23.6. The number of aliphatic hydroxyl groups is 2. The summed E-state index contributed by atoms with van der Waals surface area (Å²) < 4.78 is 10.4. The van der Waals surface area contributed by atoms with Gasteiger partial charge in [0.15, 0.2) is 0 Å². The zero-order valence-electron chi connectivity index (χ0n) is 2.35. The van der Waals surface area contributed by atoms with E-state index < -0.39 is 6.41 Å². The van der Waals surface area contributed by atoms with Gasteiger partial charge in [-0.2, -0.15) is 0 Å². The highest BCUT2D eigenvalue weighted by molar-refractivity contribution is 4.02. The van der Waals surface area contributed by atoms with Crippen molar-refractivity contribution in [1.82, 2.24) is 5.54 Å². The van der Waals surface area contributed by atoms with Crippen molar-refractivity contribution in [2.45, 2.75) is 6.41 Å². The number of hydrogen-bond acceptors (Lipinski definition) is 3. The van der Waals surface area contributed by atoms with Gasteiger partial charge < -0.3 is 10.2 Å². The highest BCUT2D eigenvalue weighted by Gasteiger charge is 1.84. The molecule has 0 aliphatic carbocycles. The van der Waals surface area contributed by atoms with Gasteiger partial charge in [0.25, 0.3) is 0 Å². The third-order valence-electron chi connectivity index (χ3n) is 0.0976. The lowest BCUT2D eigenvalue weighted by molar-refractivity contribution is -0.105. The molecule has 0 unspecified atom stereocenters. The summed E-state index contributed by atoms with van der Waals surface area (Å²) in [5, 5.41) is 14.9. The fraction of sp³-hybridized carbons (Fsp3) is 1.00. The van der Waals surface area contributed by atoms with Crippen LogP contribution in [-0.2, 0) is 0 Å². The van der Waals surface area contributed by atoms with Crippen molar-refractivity contribution in [3.63, 3.8) is 0 Å². The van der Waals surface area contributed by atoms with Crippen LogP contribution in [0.2, 0.25) is 0 Å². The standard InChI is InChI=1S/CH4FNO2/c2-3-1(4)5/h1,3-5H.